The summed E-state index contributed by atoms with van der Waals surface area (Å²) in [6.07, 6.45) is -19.1. The third kappa shape index (κ3) is 5.99. The third-order valence-corrected chi connectivity index (χ3v) is 6.63. The Balaban J connectivity index is 1.80. The third-order valence-electron chi connectivity index (χ3n) is 6.63. The van der Waals surface area contributed by atoms with Crippen LogP contribution in [0.5, 0.6) is 0 Å². The van der Waals surface area contributed by atoms with Gasteiger partial charge in [-0.2, -0.15) is 0 Å². The zero-order valence-corrected chi connectivity index (χ0v) is 20.4. The Bertz CT molecular complexity index is 731. The molecule has 0 aromatic rings. The van der Waals surface area contributed by atoms with Gasteiger partial charge in [-0.25, -0.2) is 0 Å². The summed E-state index contributed by atoms with van der Waals surface area (Å²) in [5.41, 5.74) is 0. The molecule has 210 valence electrons. The van der Waals surface area contributed by atoms with E-state index in [4.69, 9.17) is 28.4 Å². The first kappa shape index (κ1) is 29.5. The summed E-state index contributed by atoms with van der Waals surface area (Å²) < 4.78 is 33.0. The first-order valence-electron chi connectivity index (χ1n) is 11.7. The highest BCUT2D eigenvalue weighted by atomic mass is 16.7. The number of carbonyl (C=O) groups excluding carboxylic acids is 1. The molecule has 0 radical (unpaired) electrons. The number of nitrogens with one attached hydrogen (secondary N) is 1. The number of hydrogen-bond acceptors (Lipinski definition) is 14. The molecular formula is C21H37NO14. The summed E-state index contributed by atoms with van der Waals surface area (Å²) in [5, 5.41) is 75.2. The van der Waals surface area contributed by atoms with Crippen LogP contribution < -0.4 is 5.32 Å². The molecule has 0 unspecified atom stereocenters. The lowest BCUT2D eigenvalue weighted by Gasteiger charge is -2.48. The summed E-state index contributed by atoms with van der Waals surface area (Å²) in [5.74, 6) is -0.585. The van der Waals surface area contributed by atoms with Crippen molar-refractivity contribution in [2.24, 2.45) is 0 Å². The Kier molecular flexibility index (Phi) is 10.0. The summed E-state index contributed by atoms with van der Waals surface area (Å²) in [4.78, 5) is 11.7. The topological polar surface area (TPSA) is 226 Å². The molecule has 3 saturated heterocycles. The summed E-state index contributed by atoms with van der Waals surface area (Å²) in [6.45, 7) is 3.47. The zero-order chi connectivity index (χ0) is 26.9. The number of rotatable bonds is 7. The van der Waals surface area contributed by atoms with Crippen molar-refractivity contribution in [2.75, 3.05) is 13.7 Å². The fourth-order valence-electron chi connectivity index (χ4n) is 4.52. The van der Waals surface area contributed by atoms with E-state index in [1.165, 1.54) is 21.0 Å². The highest BCUT2D eigenvalue weighted by molar-refractivity contribution is 5.73. The van der Waals surface area contributed by atoms with Gasteiger partial charge in [-0.1, -0.05) is 0 Å². The highest BCUT2D eigenvalue weighted by Gasteiger charge is 2.53. The van der Waals surface area contributed by atoms with Gasteiger partial charge in [-0.3, -0.25) is 4.79 Å². The van der Waals surface area contributed by atoms with Gasteiger partial charge < -0.3 is 69.5 Å². The molecule has 0 aromatic heterocycles. The van der Waals surface area contributed by atoms with Gasteiger partial charge in [-0.15, -0.1) is 0 Å². The monoisotopic (exact) mass is 527 g/mol. The standard InChI is InChI=1S/C21H37NO14/c1-6-11(25)17(15(29)20(31-4)32-6)36-21-16(30)18(12(26)7(2)33-21)35-19-10(22-8(3)24)14(28)13(27)9(5-23)34-19/h6-7,9-21,23,25-30H,5H2,1-4H3,(H,22,24)/t6-,7-,9-,10-,11-,12-,13-,14-,15+,16+,17+,18+,19-,20+,21-/m1/s1. The number of methoxy groups -OCH3 is 1. The number of ether oxygens (including phenoxy) is 6. The predicted molar refractivity (Wildman–Crippen MR) is 115 cm³/mol. The average molecular weight is 528 g/mol. The second-order valence-electron chi connectivity index (χ2n) is 9.25. The largest absolute Gasteiger partial charge is 0.394 e. The fourth-order valence-corrected chi connectivity index (χ4v) is 4.52. The predicted octanol–water partition coefficient (Wildman–Crippen LogP) is -4.72. The van der Waals surface area contributed by atoms with E-state index in [-0.39, 0.29) is 0 Å². The summed E-state index contributed by atoms with van der Waals surface area (Å²) >= 11 is 0. The van der Waals surface area contributed by atoms with Gasteiger partial charge >= 0.3 is 0 Å². The van der Waals surface area contributed by atoms with E-state index in [9.17, 15) is 40.5 Å². The van der Waals surface area contributed by atoms with Crippen molar-refractivity contribution in [1.82, 2.24) is 5.32 Å². The van der Waals surface area contributed by atoms with Gasteiger partial charge in [0.1, 0.15) is 61.0 Å². The Morgan fingerprint density at radius 1 is 0.750 bits per heavy atom. The molecule has 3 aliphatic rings. The van der Waals surface area contributed by atoms with Crippen LogP contribution in [0.15, 0.2) is 0 Å². The zero-order valence-electron chi connectivity index (χ0n) is 20.4. The fraction of sp³-hybridized carbons (Fsp3) is 0.952. The van der Waals surface area contributed by atoms with Crippen LogP contribution in [-0.2, 0) is 33.2 Å². The average Bonchev–Trinajstić information content (AvgIpc) is 2.83. The number of hydrogen-bond donors (Lipinski definition) is 8. The number of carbonyl (C=O) groups is 1. The molecular weight excluding hydrogens is 490 g/mol. The van der Waals surface area contributed by atoms with Crippen molar-refractivity contribution >= 4 is 5.91 Å². The minimum absolute atomic E-state index is 0.585. The van der Waals surface area contributed by atoms with Crippen molar-refractivity contribution in [3.05, 3.63) is 0 Å². The highest BCUT2D eigenvalue weighted by Crippen LogP contribution is 2.32. The second kappa shape index (κ2) is 12.2. The van der Waals surface area contributed by atoms with Gasteiger partial charge in [0.05, 0.1) is 18.8 Å². The van der Waals surface area contributed by atoms with Crippen LogP contribution in [0.3, 0.4) is 0 Å². The molecule has 15 atom stereocenters. The lowest BCUT2D eigenvalue weighted by atomic mass is 9.95. The van der Waals surface area contributed by atoms with E-state index >= 15 is 0 Å². The maximum absolute atomic E-state index is 11.7. The molecule has 15 heteroatoms. The lowest BCUT2D eigenvalue weighted by molar-refractivity contribution is -0.369. The molecule has 1 amide bonds. The van der Waals surface area contributed by atoms with Crippen molar-refractivity contribution < 1.29 is 69.0 Å². The molecule has 3 heterocycles. The Morgan fingerprint density at radius 2 is 1.25 bits per heavy atom. The first-order chi connectivity index (χ1) is 16.9. The van der Waals surface area contributed by atoms with Crippen molar-refractivity contribution in [3.8, 4) is 0 Å². The molecule has 3 fully saturated rings. The normalized spacial score (nSPS) is 50.0. The van der Waals surface area contributed by atoms with Gasteiger partial charge in [0.2, 0.25) is 5.91 Å². The first-order valence-corrected chi connectivity index (χ1v) is 11.7. The smallest absolute Gasteiger partial charge is 0.217 e. The van der Waals surface area contributed by atoms with E-state index in [1.54, 1.807) is 0 Å². The van der Waals surface area contributed by atoms with Crippen molar-refractivity contribution in [2.45, 2.75) is 113 Å². The van der Waals surface area contributed by atoms with Crippen LogP contribution in [0.2, 0.25) is 0 Å². The molecule has 0 saturated carbocycles. The van der Waals surface area contributed by atoms with Gasteiger partial charge in [-0.05, 0) is 13.8 Å². The van der Waals surface area contributed by atoms with E-state index in [0.29, 0.717) is 0 Å². The van der Waals surface area contributed by atoms with Crippen LogP contribution in [0, 0.1) is 0 Å². The van der Waals surface area contributed by atoms with Crippen LogP contribution in [-0.4, -0.2) is 147 Å². The molecule has 0 aromatic carbocycles. The van der Waals surface area contributed by atoms with Crippen LogP contribution >= 0.6 is 0 Å². The van der Waals surface area contributed by atoms with Crippen LogP contribution in [0.4, 0.5) is 0 Å². The SMILES string of the molecule is CO[C@H]1O[C@H](C)[C@@H](O)[C@H](O[C@H]2O[C@H](C)[C@@H](O)[C@H](O[C@H]3O[C@H](CO)[C@@H](O)[C@H](O)[C@H]3NC(C)=O)[C@@H]2O)[C@@H]1O. The maximum Gasteiger partial charge on any atom is 0.217 e. The van der Waals surface area contributed by atoms with Gasteiger partial charge in [0, 0.05) is 14.0 Å². The number of amides is 1. The van der Waals surface area contributed by atoms with Crippen LogP contribution in [0.25, 0.3) is 0 Å². The lowest BCUT2D eigenvalue weighted by Crippen LogP contribution is -2.68. The molecule has 0 spiro atoms. The molecule has 36 heavy (non-hydrogen) atoms. The van der Waals surface area contributed by atoms with Gasteiger partial charge in [0.25, 0.3) is 0 Å². The van der Waals surface area contributed by atoms with Crippen molar-refractivity contribution in [1.29, 1.82) is 0 Å². The molecule has 0 bridgehead atoms. The molecule has 8 N–H and O–H groups in total. The van der Waals surface area contributed by atoms with E-state index < -0.39 is 105 Å². The number of aliphatic hydroxyl groups excluding tert-OH is 7. The Morgan fingerprint density at radius 3 is 1.75 bits per heavy atom. The maximum atomic E-state index is 11.7. The molecule has 3 aliphatic heterocycles. The molecule has 15 nitrogen and oxygen atoms in total. The molecule has 3 rings (SSSR count). The quantitative estimate of drug-likeness (QED) is 0.156. The Labute approximate surface area is 207 Å². The summed E-state index contributed by atoms with van der Waals surface area (Å²) in [7, 11) is 1.30. The van der Waals surface area contributed by atoms with E-state index in [1.807, 2.05) is 0 Å². The second-order valence-corrected chi connectivity index (χ2v) is 9.25. The summed E-state index contributed by atoms with van der Waals surface area (Å²) in [6, 6.07) is -1.32. The van der Waals surface area contributed by atoms with Crippen LogP contribution in [0.1, 0.15) is 20.8 Å². The van der Waals surface area contributed by atoms with Gasteiger partial charge in [0.15, 0.2) is 18.9 Å². The number of aliphatic hydroxyl groups is 7. The molecule has 0 aliphatic carbocycles. The van der Waals surface area contributed by atoms with E-state index in [0.717, 1.165) is 6.92 Å². The Hall–Kier alpha value is -1.05. The minimum Gasteiger partial charge on any atom is -0.394 e. The van der Waals surface area contributed by atoms with E-state index in [2.05, 4.69) is 5.32 Å². The minimum atomic E-state index is -1.71. The van der Waals surface area contributed by atoms with Crippen molar-refractivity contribution in [3.63, 3.8) is 0 Å².